The number of unbranched alkanes of at least 4 members (excludes halogenated alkanes) is 1. The Morgan fingerprint density at radius 2 is 2.28 bits per heavy atom. The molecule has 0 aliphatic heterocycles. The van der Waals surface area contributed by atoms with Gasteiger partial charge in [0.1, 0.15) is 0 Å². The predicted octanol–water partition coefficient (Wildman–Crippen LogP) is 3.10. The lowest BCUT2D eigenvalue weighted by molar-refractivity contribution is 0.299. The summed E-state index contributed by atoms with van der Waals surface area (Å²) in [5.41, 5.74) is 2.35. The zero-order valence-electron chi connectivity index (χ0n) is 11.5. The third-order valence-electron chi connectivity index (χ3n) is 2.60. The summed E-state index contributed by atoms with van der Waals surface area (Å²) in [7, 11) is 1.95. The van der Waals surface area contributed by atoms with E-state index < -0.39 is 0 Å². The third kappa shape index (κ3) is 5.32. The molecular weight excluding hydrogens is 224 g/mol. The summed E-state index contributed by atoms with van der Waals surface area (Å²) >= 11 is 0. The first-order valence-electron chi connectivity index (χ1n) is 6.68. The number of aromatic nitrogens is 1. The number of nitrogens with zero attached hydrogens (tertiary/aromatic N) is 1. The minimum atomic E-state index is 0.702. The van der Waals surface area contributed by atoms with Crippen LogP contribution in [0, 0.1) is 0 Å². The van der Waals surface area contributed by atoms with Gasteiger partial charge in [-0.3, -0.25) is 0 Å². The van der Waals surface area contributed by atoms with Gasteiger partial charge in [-0.25, -0.2) is 4.98 Å². The molecule has 1 heterocycles. The molecule has 0 aliphatic rings. The summed E-state index contributed by atoms with van der Waals surface area (Å²) in [6.07, 6.45) is 5.99. The van der Waals surface area contributed by atoms with Crippen LogP contribution in [0.15, 0.2) is 24.8 Å². The van der Waals surface area contributed by atoms with Gasteiger partial charge in [0, 0.05) is 18.3 Å². The van der Waals surface area contributed by atoms with Crippen molar-refractivity contribution in [3.05, 3.63) is 36.0 Å². The van der Waals surface area contributed by atoms with Crippen LogP contribution in [0.3, 0.4) is 0 Å². The highest BCUT2D eigenvalue weighted by molar-refractivity contribution is 5.25. The molecule has 3 heteroatoms. The molecule has 0 saturated carbocycles. The molecule has 1 aromatic rings. The Bertz CT molecular complexity index is 339. The lowest BCUT2D eigenvalue weighted by Crippen LogP contribution is -2.08. The van der Waals surface area contributed by atoms with E-state index in [1.807, 2.05) is 19.2 Å². The molecule has 0 amide bonds. The molecule has 0 aromatic carbocycles. The molecule has 1 aromatic heterocycles. The Hall–Kier alpha value is -1.35. The second kappa shape index (κ2) is 8.70. The van der Waals surface area contributed by atoms with Gasteiger partial charge < -0.3 is 10.1 Å². The van der Waals surface area contributed by atoms with Gasteiger partial charge >= 0.3 is 0 Å². The van der Waals surface area contributed by atoms with Crippen molar-refractivity contribution in [2.45, 2.75) is 39.2 Å². The van der Waals surface area contributed by atoms with Crippen LogP contribution in [-0.4, -0.2) is 18.6 Å². The van der Waals surface area contributed by atoms with Gasteiger partial charge in [0.15, 0.2) is 0 Å². The third-order valence-corrected chi connectivity index (χ3v) is 2.60. The molecule has 1 rings (SSSR count). The van der Waals surface area contributed by atoms with E-state index in [2.05, 4.69) is 29.9 Å². The van der Waals surface area contributed by atoms with Crippen LogP contribution in [0.5, 0.6) is 5.88 Å². The van der Waals surface area contributed by atoms with Gasteiger partial charge in [-0.2, -0.15) is 0 Å². The molecule has 100 valence electrons. The SMILES string of the molecule is C=CCCCOc1cc(CNC)cc(CCC)n1. The second-order valence-electron chi connectivity index (χ2n) is 4.36. The van der Waals surface area contributed by atoms with Crippen LogP contribution in [0.2, 0.25) is 0 Å². The number of nitrogens with one attached hydrogen (secondary N) is 1. The van der Waals surface area contributed by atoms with Crippen molar-refractivity contribution >= 4 is 0 Å². The maximum atomic E-state index is 5.70. The number of aryl methyl sites for hydroxylation is 1. The first-order chi connectivity index (χ1) is 8.80. The zero-order valence-corrected chi connectivity index (χ0v) is 11.5. The topological polar surface area (TPSA) is 34.1 Å². The molecule has 0 unspecified atom stereocenters. The monoisotopic (exact) mass is 248 g/mol. The van der Waals surface area contributed by atoms with Crippen LogP contribution in [0.4, 0.5) is 0 Å². The Balaban J connectivity index is 2.65. The van der Waals surface area contributed by atoms with Gasteiger partial charge in [-0.05, 0) is 37.9 Å². The molecule has 0 spiro atoms. The predicted molar refractivity (Wildman–Crippen MR) is 75.9 cm³/mol. The number of rotatable bonds is 9. The van der Waals surface area contributed by atoms with Crippen LogP contribution < -0.4 is 10.1 Å². The summed E-state index contributed by atoms with van der Waals surface area (Å²) in [5.74, 6) is 0.746. The second-order valence-corrected chi connectivity index (χ2v) is 4.36. The standard InChI is InChI=1S/C15H24N2O/c1-4-6-7-9-18-15-11-13(12-16-3)10-14(17-15)8-5-2/h4,10-11,16H,1,5-9,12H2,2-3H3. The largest absolute Gasteiger partial charge is 0.478 e. The lowest BCUT2D eigenvalue weighted by Gasteiger charge is -2.09. The van der Waals surface area contributed by atoms with Crippen molar-refractivity contribution in [1.29, 1.82) is 0 Å². The number of hydrogen-bond donors (Lipinski definition) is 1. The molecule has 0 atom stereocenters. The maximum absolute atomic E-state index is 5.70. The van der Waals surface area contributed by atoms with Crippen molar-refractivity contribution < 1.29 is 4.74 Å². The highest BCUT2D eigenvalue weighted by Crippen LogP contribution is 2.14. The fraction of sp³-hybridized carbons (Fsp3) is 0.533. The van der Waals surface area contributed by atoms with E-state index in [1.54, 1.807) is 0 Å². The fourth-order valence-corrected chi connectivity index (χ4v) is 1.79. The van der Waals surface area contributed by atoms with Crippen molar-refractivity contribution in [1.82, 2.24) is 10.3 Å². The van der Waals surface area contributed by atoms with Crippen molar-refractivity contribution in [3.8, 4) is 5.88 Å². The minimum absolute atomic E-state index is 0.702. The summed E-state index contributed by atoms with van der Waals surface area (Å²) < 4.78 is 5.70. The highest BCUT2D eigenvalue weighted by atomic mass is 16.5. The van der Waals surface area contributed by atoms with Gasteiger partial charge in [0.25, 0.3) is 0 Å². The zero-order chi connectivity index (χ0) is 13.2. The molecule has 0 fully saturated rings. The van der Waals surface area contributed by atoms with Gasteiger partial charge in [-0.1, -0.05) is 19.4 Å². The smallest absolute Gasteiger partial charge is 0.213 e. The van der Waals surface area contributed by atoms with Crippen molar-refractivity contribution in [2.24, 2.45) is 0 Å². The molecule has 0 aliphatic carbocycles. The highest BCUT2D eigenvalue weighted by Gasteiger charge is 2.03. The summed E-state index contributed by atoms with van der Waals surface area (Å²) in [6, 6.07) is 4.17. The van der Waals surface area contributed by atoms with E-state index in [-0.39, 0.29) is 0 Å². The molecule has 0 saturated heterocycles. The molecular formula is C15H24N2O. The van der Waals surface area contributed by atoms with Crippen molar-refractivity contribution in [3.63, 3.8) is 0 Å². The van der Waals surface area contributed by atoms with E-state index in [9.17, 15) is 0 Å². The Morgan fingerprint density at radius 1 is 1.44 bits per heavy atom. The number of allylic oxidation sites excluding steroid dienone is 1. The van der Waals surface area contributed by atoms with Crippen LogP contribution in [-0.2, 0) is 13.0 Å². The average Bonchev–Trinajstić information content (AvgIpc) is 2.35. The van der Waals surface area contributed by atoms with Crippen LogP contribution in [0.1, 0.15) is 37.4 Å². The fourth-order valence-electron chi connectivity index (χ4n) is 1.79. The van der Waals surface area contributed by atoms with Crippen LogP contribution in [0.25, 0.3) is 0 Å². The normalized spacial score (nSPS) is 10.3. The molecule has 0 radical (unpaired) electrons. The number of pyridine rings is 1. The Morgan fingerprint density at radius 3 is 2.94 bits per heavy atom. The molecule has 3 nitrogen and oxygen atoms in total. The molecule has 1 N–H and O–H groups in total. The van der Waals surface area contributed by atoms with E-state index in [0.717, 1.165) is 43.8 Å². The maximum Gasteiger partial charge on any atom is 0.213 e. The average molecular weight is 248 g/mol. The number of ether oxygens (including phenoxy) is 1. The van der Waals surface area contributed by atoms with Gasteiger partial charge in [-0.15, -0.1) is 6.58 Å². The lowest BCUT2D eigenvalue weighted by atomic mass is 10.1. The van der Waals surface area contributed by atoms with E-state index in [1.165, 1.54) is 5.56 Å². The van der Waals surface area contributed by atoms with Gasteiger partial charge in [0.05, 0.1) is 6.61 Å². The molecule has 18 heavy (non-hydrogen) atoms. The molecule has 0 bridgehead atoms. The quantitative estimate of drug-likeness (QED) is 0.538. The van der Waals surface area contributed by atoms with E-state index in [4.69, 9.17) is 4.74 Å². The van der Waals surface area contributed by atoms with Gasteiger partial charge in [0.2, 0.25) is 5.88 Å². The Labute approximate surface area is 110 Å². The van der Waals surface area contributed by atoms with Crippen LogP contribution >= 0.6 is 0 Å². The van der Waals surface area contributed by atoms with E-state index in [0.29, 0.717) is 6.61 Å². The summed E-state index contributed by atoms with van der Waals surface area (Å²) in [4.78, 5) is 4.53. The van der Waals surface area contributed by atoms with E-state index >= 15 is 0 Å². The Kier molecular flexibility index (Phi) is 7.11. The first kappa shape index (κ1) is 14.7. The summed E-state index contributed by atoms with van der Waals surface area (Å²) in [5, 5.41) is 3.16. The first-order valence-corrected chi connectivity index (χ1v) is 6.68. The summed E-state index contributed by atoms with van der Waals surface area (Å²) in [6.45, 7) is 7.42. The minimum Gasteiger partial charge on any atom is -0.478 e. The number of hydrogen-bond acceptors (Lipinski definition) is 3. The van der Waals surface area contributed by atoms with Crippen molar-refractivity contribution in [2.75, 3.05) is 13.7 Å².